The molecule has 0 radical (unpaired) electrons. The summed E-state index contributed by atoms with van der Waals surface area (Å²) in [6.45, 7) is 69.8. The van der Waals surface area contributed by atoms with Crippen molar-refractivity contribution in [2.24, 2.45) is 29.1 Å². The molecule has 0 heterocycles. The molecule has 0 heteroatoms. The summed E-state index contributed by atoms with van der Waals surface area (Å²) in [7, 11) is 0. The maximum Gasteiger partial charge on any atom is -0.0279 e. The predicted molar refractivity (Wildman–Crippen MR) is 629 cm³/mol. The number of benzene rings is 1. The van der Waals surface area contributed by atoms with Crippen LogP contribution in [-0.4, -0.2) is 0 Å². The van der Waals surface area contributed by atoms with Gasteiger partial charge in [0.15, 0.2) is 0 Å². The first kappa shape index (κ1) is 155. The van der Waals surface area contributed by atoms with Crippen LogP contribution >= 0.6 is 0 Å². The SMILES string of the molecule is C/C=C/CCCC.C/C=C/CCCCCCCCC.CCCCC.CCCCC(C)CC.CCCCCC.CCCCCC(C)C.CCCCCC1CCCC1.CCCCCC1CCCCC1.CCCCCCC.CCCCCCC.CCCCCCC(C)(C)C.CCCCCCCC.CCCCCCCCC.CCCCCCCCCCCC.CCCCCc1ccccc1. The van der Waals surface area contributed by atoms with Crippen LogP contribution in [-0.2, 0) is 6.42 Å². The second kappa shape index (κ2) is 162. The standard InChI is InChI=1S/C12H26.C12H24.C11H22.C11H16.C10H20.C10H22.C9H20.3C8H18.2C7H16.C7H14.C6H14.C5H12/c2*1-3-5-7-9-11-12-10-8-6-4-2;2*1-2-3-5-8-11-9-6-4-7-10-11;1-2-3-4-7-10-8-5-6-9-10;1-5-6-7-8-9-10(2,3)4;1-3-5-7-9-8-6-4-2;1-4-5-6-7-8(2)3;1-4-6-7-8(3)5-2;1-3-5-7-8-6-4-2;3*1-3-5-7-6-4-2;1-3-5-6-4-2;1-3-5-4-2/h3-12H2,1-2H3;3,5H,4,6-12H2,1-2H3;11H,2-10H2,1H3;4,6-7,9-10H,2-3,5,8H2,1H3;10H,2-9H2,1H3;5-9H2,1-4H3;3-9H2,1-2H3;2*8H,4-7H2,1-3H3;3-8H2,1-2H3;2*3-7H2,1-2H3;3,5H,4,6-7H2,1-2H3;3-6H2,1-2H3;3-5H2,1-2H3/b;5-3+;;;;;;;;;;;5-3+;;. The van der Waals surface area contributed by atoms with Crippen molar-refractivity contribution in [3.8, 4) is 0 Å². The lowest BCUT2D eigenvalue weighted by atomic mass is 9.86. The first-order valence-electron chi connectivity index (χ1n) is 61.9. The number of unbranched alkanes of at least 4 members (excludes halogenated alkanes) is 54. The van der Waals surface area contributed by atoms with Gasteiger partial charge in [-0.25, -0.2) is 0 Å². The van der Waals surface area contributed by atoms with E-state index in [2.05, 4.69) is 269 Å². The molecular formula is C131H276. The van der Waals surface area contributed by atoms with E-state index in [4.69, 9.17) is 0 Å². The minimum atomic E-state index is 0.549. The lowest BCUT2D eigenvalue weighted by molar-refractivity contribution is 0.329. The molecule has 3 rings (SSSR count). The van der Waals surface area contributed by atoms with Gasteiger partial charge in [-0.15, -0.1) is 0 Å². The number of hydrogen-bond donors (Lipinski definition) is 0. The fourth-order valence-corrected chi connectivity index (χ4v) is 15.5. The Morgan fingerprint density at radius 3 is 0.748 bits per heavy atom. The maximum atomic E-state index is 2.33. The van der Waals surface area contributed by atoms with Gasteiger partial charge in [-0.2, -0.15) is 0 Å². The molecular weight excluding hydrogens is 1570 g/mol. The van der Waals surface area contributed by atoms with Crippen LogP contribution in [0.15, 0.2) is 54.6 Å². The zero-order valence-corrected chi connectivity index (χ0v) is 99.6. The second-order valence-corrected chi connectivity index (χ2v) is 41.9. The fourth-order valence-electron chi connectivity index (χ4n) is 15.5. The van der Waals surface area contributed by atoms with Crippen molar-refractivity contribution in [2.45, 2.75) is 760 Å². The van der Waals surface area contributed by atoms with Crippen molar-refractivity contribution in [1.29, 1.82) is 0 Å². The van der Waals surface area contributed by atoms with Crippen LogP contribution in [0.4, 0.5) is 0 Å². The number of allylic oxidation sites excluding steroid dienone is 4. The summed E-state index contributed by atoms with van der Waals surface area (Å²) in [6.07, 6.45) is 129. The molecule has 1 aromatic carbocycles. The van der Waals surface area contributed by atoms with Crippen LogP contribution < -0.4 is 0 Å². The van der Waals surface area contributed by atoms with Crippen LogP contribution in [0.2, 0.25) is 0 Å². The highest BCUT2D eigenvalue weighted by molar-refractivity contribution is 5.14. The molecule has 0 nitrogen and oxygen atoms in total. The average molecular weight is 1850 g/mol. The molecule has 1 unspecified atom stereocenters. The highest BCUT2D eigenvalue weighted by Gasteiger charge is 2.14. The molecule has 0 aromatic heterocycles. The largest absolute Gasteiger partial charge is 0.0917 e. The Kier molecular flexibility index (Phi) is 192. The van der Waals surface area contributed by atoms with Gasteiger partial charge >= 0.3 is 0 Å². The zero-order chi connectivity index (χ0) is 101. The van der Waals surface area contributed by atoms with Crippen LogP contribution in [0.5, 0.6) is 0 Å². The van der Waals surface area contributed by atoms with Crippen molar-refractivity contribution in [1.82, 2.24) is 0 Å². The van der Waals surface area contributed by atoms with Gasteiger partial charge < -0.3 is 0 Å². The molecule has 0 spiro atoms. The predicted octanol–water partition coefficient (Wildman–Crippen LogP) is 52.0. The molecule has 0 bridgehead atoms. The molecule has 2 fully saturated rings. The topological polar surface area (TPSA) is 0 Å². The summed E-state index contributed by atoms with van der Waals surface area (Å²) >= 11 is 0. The van der Waals surface area contributed by atoms with E-state index in [0.717, 1.165) is 23.7 Å². The summed E-state index contributed by atoms with van der Waals surface area (Å²) in [4.78, 5) is 0. The van der Waals surface area contributed by atoms with Crippen LogP contribution in [0.3, 0.4) is 0 Å². The Morgan fingerprint density at radius 1 is 0.244 bits per heavy atom. The van der Waals surface area contributed by atoms with Gasteiger partial charge in [0, 0.05) is 0 Å². The quantitative estimate of drug-likeness (QED) is 0.0450. The van der Waals surface area contributed by atoms with Crippen LogP contribution in [0.1, 0.15) is 760 Å². The van der Waals surface area contributed by atoms with E-state index < -0.39 is 0 Å². The van der Waals surface area contributed by atoms with E-state index in [-0.39, 0.29) is 0 Å². The average Bonchev–Trinajstić information content (AvgIpc) is 1.73. The first-order chi connectivity index (χ1) is 63.7. The van der Waals surface area contributed by atoms with Gasteiger partial charge in [-0.3, -0.25) is 0 Å². The van der Waals surface area contributed by atoms with E-state index in [9.17, 15) is 0 Å². The summed E-state index contributed by atoms with van der Waals surface area (Å²) in [6, 6.07) is 10.7. The molecule has 2 saturated carbocycles. The molecule has 0 amide bonds. The molecule has 1 aromatic rings. The van der Waals surface area contributed by atoms with Crippen LogP contribution in [0.25, 0.3) is 0 Å². The Morgan fingerprint density at radius 2 is 0.481 bits per heavy atom. The third-order valence-corrected chi connectivity index (χ3v) is 25.3. The van der Waals surface area contributed by atoms with E-state index in [1.807, 2.05) is 0 Å². The van der Waals surface area contributed by atoms with E-state index in [1.165, 1.54) is 551 Å². The van der Waals surface area contributed by atoms with Gasteiger partial charge in [0.05, 0.1) is 0 Å². The molecule has 131 heavy (non-hydrogen) atoms. The van der Waals surface area contributed by atoms with E-state index >= 15 is 0 Å². The van der Waals surface area contributed by atoms with Gasteiger partial charge in [0.2, 0.25) is 0 Å². The van der Waals surface area contributed by atoms with Gasteiger partial charge in [-0.1, -0.05) is 763 Å². The Balaban J connectivity index is -0.000000116. The third-order valence-electron chi connectivity index (χ3n) is 25.3. The Hall–Kier alpha value is -1.30. The number of aryl methyl sites for hydroxylation is 1. The minimum Gasteiger partial charge on any atom is -0.0917 e. The maximum absolute atomic E-state index is 2.33. The smallest absolute Gasteiger partial charge is 0.0279 e. The molecule has 0 aliphatic heterocycles. The molecule has 0 N–H and O–H groups in total. The summed E-state index contributed by atoms with van der Waals surface area (Å²) in [5, 5.41) is 0. The normalized spacial score (nSPS) is 12.1. The molecule has 2 aliphatic rings. The number of hydrogen-bond acceptors (Lipinski definition) is 0. The van der Waals surface area contributed by atoms with Crippen LogP contribution in [0, 0.1) is 29.1 Å². The van der Waals surface area contributed by atoms with Crippen molar-refractivity contribution in [3.63, 3.8) is 0 Å². The zero-order valence-electron chi connectivity index (χ0n) is 99.6. The van der Waals surface area contributed by atoms with Gasteiger partial charge in [0.1, 0.15) is 0 Å². The highest BCUT2D eigenvalue weighted by atomic mass is 14.2. The summed E-state index contributed by atoms with van der Waals surface area (Å²) in [5.41, 5.74) is 2.02. The van der Waals surface area contributed by atoms with Gasteiger partial charge in [0.25, 0.3) is 0 Å². The van der Waals surface area contributed by atoms with Crippen molar-refractivity contribution >= 4 is 0 Å². The molecule has 800 valence electrons. The number of rotatable bonds is 68. The van der Waals surface area contributed by atoms with Gasteiger partial charge in [-0.05, 0) is 87.0 Å². The summed E-state index contributed by atoms with van der Waals surface area (Å²) < 4.78 is 0. The first-order valence-corrected chi connectivity index (χ1v) is 61.9. The lowest BCUT2D eigenvalue weighted by Crippen LogP contribution is -2.05. The third kappa shape index (κ3) is 204. The molecule has 1 atom stereocenters. The lowest BCUT2D eigenvalue weighted by Gasteiger charge is -2.20. The molecule has 2 aliphatic carbocycles. The minimum absolute atomic E-state index is 0.549. The van der Waals surface area contributed by atoms with E-state index in [1.54, 1.807) is 0 Å². The fraction of sp³-hybridized carbons (Fsp3) is 0.924. The van der Waals surface area contributed by atoms with Crippen molar-refractivity contribution in [3.05, 3.63) is 60.2 Å². The molecule has 0 saturated heterocycles. The second-order valence-electron chi connectivity index (χ2n) is 41.9. The highest BCUT2D eigenvalue weighted by Crippen LogP contribution is 2.30. The Labute approximate surface area is 844 Å². The summed E-state index contributed by atoms with van der Waals surface area (Å²) in [5.74, 6) is 4.08. The monoisotopic (exact) mass is 1850 g/mol. The van der Waals surface area contributed by atoms with Crippen molar-refractivity contribution in [2.75, 3.05) is 0 Å². The Bertz CT molecular complexity index is 1750. The van der Waals surface area contributed by atoms with Crippen molar-refractivity contribution < 1.29 is 0 Å². The van der Waals surface area contributed by atoms with E-state index in [0.29, 0.717) is 5.41 Å².